The van der Waals surface area contributed by atoms with Crippen LogP contribution in [-0.4, -0.2) is 49.8 Å². The van der Waals surface area contributed by atoms with Crippen LogP contribution in [0.15, 0.2) is 0 Å². The van der Waals surface area contributed by atoms with Gasteiger partial charge in [0.1, 0.15) is 0 Å². The van der Waals surface area contributed by atoms with Crippen LogP contribution >= 0.6 is 0 Å². The van der Waals surface area contributed by atoms with Crippen molar-refractivity contribution in [1.82, 2.24) is 10.2 Å². The van der Waals surface area contributed by atoms with Crippen molar-refractivity contribution >= 4 is 0 Å². The first-order valence-corrected chi connectivity index (χ1v) is 9.57. The Morgan fingerprint density at radius 3 is 2.32 bits per heavy atom. The van der Waals surface area contributed by atoms with Crippen molar-refractivity contribution in [2.24, 2.45) is 5.41 Å². The average molecular weight is 313 g/mol. The van der Waals surface area contributed by atoms with Gasteiger partial charge in [0, 0.05) is 33.3 Å². The molecule has 0 radical (unpaired) electrons. The number of nitrogens with one attached hydrogen (secondary N) is 1. The van der Waals surface area contributed by atoms with Gasteiger partial charge in [-0.2, -0.15) is 0 Å². The summed E-state index contributed by atoms with van der Waals surface area (Å²) in [6, 6.07) is 2.24. The second-order valence-corrected chi connectivity index (χ2v) is 7.96. The van der Waals surface area contributed by atoms with Gasteiger partial charge in [-0.3, -0.25) is 0 Å². The van der Waals surface area contributed by atoms with Gasteiger partial charge in [0.2, 0.25) is 0 Å². The molecular weight excluding hydrogens is 272 g/mol. The summed E-state index contributed by atoms with van der Waals surface area (Å²) in [5, 5.41) is 3.72. The number of rotatable bonds is 7. The van der Waals surface area contributed by atoms with Crippen molar-refractivity contribution in [3.8, 4) is 0 Å². The van der Waals surface area contributed by atoms with E-state index in [4.69, 9.17) is 4.74 Å². The Hall–Kier alpha value is -0.120. The lowest BCUT2D eigenvalue weighted by atomic mass is 9.73. The molecule has 3 heteroatoms. The monoisotopic (exact) mass is 312 g/mol. The highest BCUT2D eigenvalue weighted by atomic mass is 16.5. The Morgan fingerprint density at radius 2 is 1.82 bits per heavy atom. The van der Waals surface area contributed by atoms with Gasteiger partial charge in [0.15, 0.2) is 0 Å². The molecule has 0 aromatic heterocycles. The van der Waals surface area contributed by atoms with Crippen molar-refractivity contribution < 1.29 is 6.16 Å². The number of methoxy groups -OCH3 is 1. The molecule has 0 spiro atoms. The fourth-order valence-corrected chi connectivity index (χ4v) is 4.54. The molecule has 0 atom stereocenters. The summed E-state index contributed by atoms with van der Waals surface area (Å²) in [6.07, 6.45) is 10.8. The van der Waals surface area contributed by atoms with Crippen LogP contribution in [0, 0.1) is 5.41 Å². The summed E-state index contributed by atoms with van der Waals surface area (Å²) < 4.78 is 5.34. The summed E-state index contributed by atoms with van der Waals surface area (Å²) in [7, 11) is 1.84. The lowest BCUT2D eigenvalue weighted by molar-refractivity contribution is 0.0308. The predicted octanol–water partition coefficient (Wildman–Crippen LogP) is 4.07. The van der Waals surface area contributed by atoms with E-state index in [0.29, 0.717) is 11.5 Å². The molecule has 1 saturated heterocycles. The molecular formula is C19H40N2O. The van der Waals surface area contributed by atoms with Crippen molar-refractivity contribution in [2.75, 3.05) is 26.8 Å². The van der Waals surface area contributed by atoms with E-state index in [0.717, 1.165) is 18.7 Å². The minimum Gasteiger partial charge on any atom is -0.385 e. The third kappa shape index (κ3) is 4.94. The minimum atomic E-state index is 0. The lowest BCUT2D eigenvalue weighted by Crippen LogP contribution is -2.48. The molecule has 132 valence electrons. The topological polar surface area (TPSA) is 24.5 Å². The first-order valence-electron chi connectivity index (χ1n) is 9.57. The zero-order chi connectivity index (χ0) is 16.0. The van der Waals surface area contributed by atoms with Gasteiger partial charge in [-0.05, 0) is 63.5 Å². The van der Waals surface area contributed by atoms with Gasteiger partial charge in [0.05, 0.1) is 0 Å². The highest BCUT2D eigenvalue weighted by Crippen LogP contribution is 2.39. The third-order valence-corrected chi connectivity index (χ3v) is 6.23. The molecule has 3 nitrogen and oxygen atoms in total. The number of hydrogen-bond donors (Lipinski definition) is 1. The molecule has 0 aromatic rings. The minimum absolute atomic E-state index is 0. The largest absolute Gasteiger partial charge is 0.385 e. The van der Waals surface area contributed by atoms with E-state index in [1.54, 1.807) is 0 Å². The second-order valence-electron chi connectivity index (χ2n) is 7.96. The summed E-state index contributed by atoms with van der Waals surface area (Å²) in [5.74, 6) is 0. The molecule has 2 aliphatic rings. The Morgan fingerprint density at radius 1 is 1.18 bits per heavy atom. The highest BCUT2D eigenvalue weighted by molar-refractivity contribution is 4.90. The number of likely N-dealkylation sites (tertiary alicyclic amines) is 1. The van der Waals surface area contributed by atoms with Crippen LogP contribution in [-0.2, 0) is 4.74 Å². The molecule has 1 N–H and O–H groups in total. The molecule has 2 fully saturated rings. The van der Waals surface area contributed by atoms with Crippen LogP contribution < -0.4 is 5.32 Å². The Balaban J connectivity index is 0.00000264. The molecule has 1 heterocycles. The molecule has 0 unspecified atom stereocenters. The first kappa shape index (κ1) is 18.2. The van der Waals surface area contributed by atoms with Crippen LogP contribution in [0.4, 0.5) is 0 Å². The van der Waals surface area contributed by atoms with E-state index in [1.807, 2.05) is 7.11 Å². The normalized spacial score (nSPS) is 29.9. The van der Waals surface area contributed by atoms with Gasteiger partial charge in [-0.1, -0.05) is 27.2 Å². The van der Waals surface area contributed by atoms with Crippen LogP contribution in [0.1, 0.15) is 73.6 Å². The molecule has 22 heavy (non-hydrogen) atoms. The summed E-state index contributed by atoms with van der Waals surface area (Å²) >= 11 is 0. The van der Waals surface area contributed by atoms with Crippen LogP contribution in [0.2, 0.25) is 0 Å². The summed E-state index contributed by atoms with van der Waals surface area (Å²) in [6.45, 7) is 10.4. The SMILES string of the molecule is CCC1(CCOC)CCN(C2CCC(NC(C)C)CC2)CC1.[HH]. The summed E-state index contributed by atoms with van der Waals surface area (Å²) in [4.78, 5) is 2.80. The Labute approximate surface area is 139 Å². The number of nitrogens with zero attached hydrogens (tertiary/aromatic N) is 1. The van der Waals surface area contributed by atoms with E-state index in [1.165, 1.54) is 64.5 Å². The lowest BCUT2D eigenvalue weighted by Gasteiger charge is -2.46. The standard InChI is InChI=1S/C19H38N2O.H2/c1-5-19(12-15-22-4)10-13-21(14-11-19)18-8-6-17(7-9-18)20-16(2)3;/h16-18,20H,5-15H2,1-4H3;1H. The highest BCUT2D eigenvalue weighted by Gasteiger charge is 2.35. The number of ether oxygens (including phenoxy) is 1. The van der Waals surface area contributed by atoms with E-state index < -0.39 is 0 Å². The van der Waals surface area contributed by atoms with Crippen LogP contribution in [0.25, 0.3) is 0 Å². The maximum Gasteiger partial charge on any atom is 0.0467 e. The van der Waals surface area contributed by atoms with Gasteiger partial charge in [-0.25, -0.2) is 0 Å². The number of hydrogen-bond acceptors (Lipinski definition) is 3. The number of piperidine rings is 1. The summed E-state index contributed by atoms with van der Waals surface area (Å²) in [5.41, 5.74) is 0.558. The molecule has 1 aliphatic carbocycles. The van der Waals surface area contributed by atoms with Crippen LogP contribution in [0.3, 0.4) is 0 Å². The Kier molecular flexibility index (Phi) is 7.17. The van der Waals surface area contributed by atoms with E-state index in [9.17, 15) is 0 Å². The molecule has 1 aliphatic heterocycles. The fraction of sp³-hybridized carbons (Fsp3) is 1.00. The van der Waals surface area contributed by atoms with Gasteiger partial charge in [-0.15, -0.1) is 0 Å². The van der Waals surface area contributed by atoms with Gasteiger partial charge in [0.25, 0.3) is 0 Å². The quantitative estimate of drug-likeness (QED) is 0.767. The Bertz CT molecular complexity index is 308. The van der Waals surface area contributed by atoms with E-state index in [2.05, 4.69) is 31.0 Å². The van der Waals surface area contributed by atoms with E-state index in [-0.39, 0.29) is 1.43 Å². The average Bonchev–Trinajstić information content (AvgIpc) is 2.54. The maximum atomic E-state index is 5.34. The van der Waals surface area contributed by atoms with Gasteiger partial charge >= 0.3 is 0 Å². The molecule has 0 bridgehead atoms. The maximum absolute atomic E-state index is 5.34. The third-order valence-electron chi connectivity index (χ3n) is 6.23. The van der Waals surface area contributed by atoms with Crippen molar-refractivity contribution in [3.63, 3.8) is 0 Å². The fourth-order valence-electron chi connectivity index (χ4n) is 4.54. The van der Waals surface area contributed by atoms with Crippen molar-refractivity contribution in [2.45, 2.75) is 90.3 Å². The van der Waals surface area contributed by atoms with Crippen molar-refractivity contribution in [3.05, 3.63) is 0 Å². The van der Waals surface area contributed by atoms with Gasteiger partial charge < -0.3 is 15.0 Å². The molecule has 1 saturated carbocycles. The smallest absolute Gasteiger partial charge is 0.0467 e. The molecule has 0 amide bonds. The van der Waals surface area contributed by atoms with Crippen molar-refractivity contribution in [1.29, 1.82) is 0 Å². The zero-order valence-electron chi connectivity index (χ0n) is 15.4. The van der Waals surface area contributed by atoms with Crippen LogP contribution in [0.5, 0.6) is 0 Å². The second kappa shape index (κ2) is 8.65. The van der Waals surface area contributed by atoms with E-state index >= 15 is 0 Å². The first-order chi connectivity index (χ1) is 10.6. The molecule has 2 rings (SSSR count). The molecule has 0 aromatic carbocycles. The predicted molar refractivity (Wildman–Crippen MR) is 96.5 cm³/mol. The zero-order valence-corrected chi connectivity index (χ0v) is 15.4.